The van der Waals surface area contributed by atoms with Gasteiger partial charge in [0.05, 0.1) is 13.2 Å². The number of para-hydroxylation sites is 1. The van der Waals surface area contributed by atoms with Crippen LogP contribution < -0.4 is 10.2 Å². The van der Waals surface area contributed by atoms with Crippen LogP contribution >= 0.6 is 0 Å². The minimum atomic E-state index is 0.668. The molecule has 3 heteroatoms. The largest absolute Gasteiger partial charge is 0.378 e. The number of benzene rings is 1. The van der Waals surface area contributed by atoms with Gasteiger partial charge in [-0.3, -0.25) is 0 Å². The Bertz CT molecular complexity index is 470. The van der Waals surface area contributed by atoms with Gasteiger partial charge in [0.1, 0.15) is 0 Å². The predicted octanol–water partition coefficient (Wildman–Crippen LogP) is 3.44. The Morgan fingerprint density at radius 1 is 1.14 bits per heavy atom. The first-order chi connectivity index (χ1) is 10.8. The lowest BCUT2D eigenvalue weighted by atomic mass is 9.78. The standard InChI is InChI=1S/C19H30N2O/c1-15-6-5-8-18(16(15)2)20-14-17-7-3-4-9-19(17)21-10-12-22-13-11-21/h3-4,7,9,15-16,18,20H,5-6,8,10-14H2,1-2H3. The monoisotopic (exact) mass is 302 g/mol. The molecule has 1 aromatic rings. The van der Waals surface area contributed by atoms with Crippen LogP contribution in [0.4, 0.5) is 5.69 Å². The number of nitrogens with zero attached hydrogens (tertiary/aromatic N) is 1. The quantitative estimate of drug-likeness (QED) is 0.922. The van der Waals surface area contributed by atoms with Crippen LogP contribution in [0.15, 0.2) is 24.3 Å². The number of hydrogen-bond donors (Lipinski definition) is 1. The van der Waals surface area contributed by atoms with Gasteiger partial charge >= 0.3 is 0 Å². The molecule has 0 amide bonds. The zero-order chi connectivity index (χ0) is 15.4. The molecule has 1 aliphatic heterocycles. The normalized spacial score (nSPS) is 29.5. The molecule has 2 aliphatic rings. The fraction of sp³-hybridized carbons (Fsp3) is 0.684. The van der Waals surface area contributed by atoms with Gasteiger partial charge in [0.2, 0.25) is 0 Å². The summed E-state index contributed by atoms with van der Waals surface area (Å²) in [4.78, 5) is 2.47. The number of nitrogens with one attached hydrogen (secondary N) is 1. The van der Waals surface area contributed by atoms with Crippen molar-refractivity contribution in [3.8, 4) is 0 Å². The summed E-state index contributed by atoms with van der Waals surface area (Å²) in [7, 11) is 0. The zero-order valence-corrected chi connectivity index (χ0v) is 14.1. The second kappa shape index (κ2) is 7.47. The van der Waals surface area contributed by atoms with E-state index in [1.54, 1.807) is 0 Å². The Balaban J connectivity index is 1.64. The maximum Gasteiger partial charge on any atom is 0.0642 e. The Hall–Kier alpha value is -1.06. The van der Waals surface area contributed by atoms with Crippen LogP contribution in [-0.4, -0.2) is 32.3 Å². The van der Waals surface area contributed by atoms with Crippen LogP contribution in [0.3, 0.4) is 0 Å². The van der Waals surface area contributed by atoms with Gasteiger partial charge in [-0.05, 0) is 29.9 Å². The topological polar surface area (TPSA) is 24.5 Å². The Morgan fingerprint density at radius 2 is 1.91 bits per heavy atom. The van der Waals surface area contributed by atoms with Crippen molar-refractivity contribution in [3.05, 3.63) is 29.8 Å². The van der Waals surface area contributed by atoms with Crippen LogP contribution in [-0.2, 0) is 11.3 Å². The molecule has 1 saturated heterocycles. The number of ether oxygens (including phenoxy) is 1. The third-order valence-electron chi connectivity index (χ3n) is 5.60. The average molecular weight is 302 g/mol. The van der Waals surface area contributed by atoms with Crippen molar-refractivity contribution in [2.75, 3.05) is 31.2 Å². The van der Waals surface area contributed by atoms with E-state index < -0.39 is 0 Å². The van der Waals surface area contributed by atoms with Crippen molar-refractivity contribution in [1.29, 1.82) is 0 Å². The molecule has 0 radical (unpaired) electrons. The van der Waals surface area contributed by atoms with Crippen LogP contribution in [0, 0.1) is 11.8 Å². The van der Waals surface area contributed by atoms with Crippen molar-refractivity contribution >= 4 is 5.69 Å². The van der Waals surface area contributed by atoms with E-state index in [0.717, 1.165) is 44.7 Å². The van der Waals surface area contributed by atoms with E-state index in [4.69, 9.17) is 4.74 Å². The lowest BCUT2D eigenvalue weighted by molar-refractivity contribution is 0.122. The summed E-state index contributed by atoms with van der Waals surface area (Å²) >= 11 is 0. The number of rotatable bonds is 4. The number of anilines is 1. The van der Waals surface area contributed by atoms with Crippen molar-refractivity contribution in [2.24, 2.45) is 11.8 Å². The van der Waals surface area contributed by atoms with Gasteiger partial charge in [0.25, 0.3) is 0 Å². The molecule has 3 unspecified atom stereocenters. The average Bonchev–Trinajstić information content (AvgIpc) is 2.57. The smallest absolute Gasteiger partial charge is 0.0642 e. The molecule has 0 bridgehead atoms. The first-order valence-electron chi connectivity index (χ1n) is 8.89. The number of morpholine rings is 1. The maximum atomic E-state index is 5.48. The molecule has 1 heterocycles. The highest BCUT2D eigenvalue weighted by molar-refractivity contribution is 5.53. The minimum Gasteiger partial charge on any atom is -0.378 e. The highest BCUT2D eigenvalue weighted by Gasteiger charge is 2.26. The van der Waals surface area contributed by atoms with Crippen LogP contribution in [0.25, 0.3) is 0 Å². The van der Waals surface area contributed by atoms with E-state index in [9.17, 15) is 0 Å². The third-order valence-corrected chi connectivity index (χ3v) is 5.60. The van der Waals surface area contributed by atoms with Crippen LogP contribution in [0.1, 0.15) is 38.7 Å². The summed E-state index contributed by atoms with van der Waals surface area (Å²) in [6, 6.07) is 9.51. The fourth-order valence-corrected chi connectivity index (χ4v) is 3.88. The molecule has 1 saturated carbocycles. The predicted molar refractivity (Wildman–Crippen MR) is 92.3 cm³/mol. The Morgan fingerprint density at radius 3 is 2.73 bits per heavy atom. The molecule has 1 aromatic carbocycles. The van der Waals surface area contributed by atoms with E-state index >= 15 is 0 Å². The molecule has 3 nitrogen and oxygen atoms in total. The summed E-state index contributed by atoms with van der Waals surface area (Å²) in [5, 5.41) is 3.84. The summed E-state index contributed by atoms with van der Waals surface area (Å²) in [5.41, 5.74) is 2.81. The highest BCUT2D eigenvalue weighted by Crippen LogP contribution is 2.30. The lowest BCUT2D eigenvalue weighted by Crippen LogP contribution is -2.41. The van der Waals surface area contributed by atoms with Crippen molar-refractivity contribution < 1.29 is 4.74 Å². The van der Waals surface area contributed by atoms with E-state index in [-0.39, 0.29) is 0 Å². The molecule has 1 N–H and O–H groups in total. The number of hydrogen-bond acceptors (Lipinski definition) is 3. The van der Waals surface area contributed by atoms with Gasteiger partial charge in [0, 0.05) is 31.4 Å². The van der Waals surface area contributed by atoms with Gasteiger partial charge in [-0.1, -0.05) is 44.9 Å². The molecule has 3 rings (SSSR count). The second-order valence-corrected chi connectivity index (χ2v) is 6.98. The van der Waals surface area contributed by atoms with Gasteiger partial charge in [0.15, 0.2) is 0 Å². The minimum absolute atomic E-state index is 0.668. The van der Waals surface area contributed by atoms with Gasteiger partial charge < -0.3 is 15.0 Å². The second-order valence-electron chi connectivity index (χ2n) is 6.98. The Labute approximate surface area is 135 Å². The van der Waals surface area contributed by atoms with Crippen molar-refractivity contribution in [2.45, 2.75) is 45.7 Å². The molecule has 2 fully saturated rings. The summed E-state index contributed by atoms with van der Waals surface area (Å²) in [5.74, 6) is 1.63. The SMILES string of the molecule is CC1CCCC(NCc2ccccc2N2CCOCC2)C1C. The first kappa shape index (κ1) is 15.8. The molecule has 22 heavy (non-hydrogen) atoms. The molecule has 0 spiro atoms. The van der Waals surface area contributed by atoms with E-state index in [1.165, 1.54) is 30.5 Å². The van der Waals surface area contributed by atoms with Gasteiger partial charge in [-0.15, -0.1) is 0 Å². The Kier molecular flexibility index (Phi) is 5.37. The molecule has 0 aromatic heterocycles. The summed E-state index contributed by atoms with van der Waals surface area (Å²) in [6.45, 7) is 9.50. The lowest BCUT2D eigenvalue weighted by Gasteiger charge is -2.35. The maximum absolute atomic E-state index is 5.48. The molecule has 122 valence electrons. The first-order valence-corrected chi connectivity index (χ1v) is 8.89. The van der Waals surface area contributed by atoms with Gasteiger partial charge in [-0.25, -0.2) is 0 Å². The van der Waals surface area contributed by atoms with E-state index in [2.05, 4.69) is 48.3 Å². The van der Waals surface area contributed by atoms with E-state index in [0.29, 0.717) is 6.04 Å². The summed E-state index contributed by atoms with van der Waals surface area (Å²) in [6.07, 6.45) is 4.09. The highest BCUT2D eigenvalue weighted by atomic mass is 16.5. The van der Waals surface area contributed by atoms with Gasteiger partial charge in [-0.2, -0.15) is 0 Å². The molecular weight excluding hydrogens is 272 g/mol. The molecule has 3 atom stereocenters. The van der Waals surface area contributed by atoms with Crippen molar-refractivity contribution in [3.63, 3.8) is 0 Å². The molecular formula is C19H30N2O. The van der Waals surface area contributed by atoms with E-state index in [1.807, 2.05) is 0 Å². The van der Waals surface area contributed by atoms with Crippen molar-refractivity contribution in [1.82, 2.24) is 5.32 Å². The summed E-state index contributed by atoms with van der Waals surface area (Å²) < 4.78 is 5.48. The fourth-order valence-electron chi connectivity index (χ4n) is 3.88. The van der Waals surface area contributed by atoms with Crippen LogP contribution in [0.2, 0.25) is 0 Å². The third kappa shape index (κ3) is 3.64. The molecule has 1 aliphatic carbocycles. The van der Waals surface area contributed by atoms with Crippen LogP contribution in [0.5, 0.6) is 0 Å². The zero-order valence-electron chi connectivity index (χ0n) is 14.1.